The standard InChI is InChI=1S/C9H6BrClO/c10-8-4-5-3-6(11)1-2-7(5)9(8)12/h1-3,8H,4H2/t8-/m0/s1. The van der Waals surface area contributed by atoms with E-state index in [0.717, 1.165) is 17.5 Å². The molecule has 0 aliphatic heterocycles. The van der Waals surface area contributed by atoms with Crippen LogP contribution in [0.25, 0.3) is 0 Å². The molecule has 1 aliphatic carbocycles. The number of ketones is 1. The molecule has 12 heavy (non-hydrogen) atoms. The van der Waals surface area contributed by atoms with Crippen LogP contribution in [0.4, 0.5) is 0 Å². The lowest BCUT2D eigenvalue weighted by atomic mass is 10.1. The zero-order chi connectivity index (χ0) is 8.72. The molecule has 0 fully saturated rings. The largest absolute Gasteiger partial charge is 0.293 e. The van der Waals surface area contributed by atoms with Crippen molar-refractivity contribution in [1.82, 2.24) is 0 Å². The highest BCUT2D eigenvalue weighted by molar-refractivity contribution is 9.10. The molecular weight excluding hydrogens is 239 g/mol. The van der Waals surface area contributed by atoms with Gasteiger partial charge in [-0.05, 0) is 30.2 Å². The highest BCUT2D eigenvalue weighted by Gasteiger charge is 2.27. The number of hydrogen-bond acceptors (Lipinski definition) is 1. The highest BCUT2D eigenvalue weighted by Crippen LogP contribution is 2.28. The van der Waals surface area contributed by atoms with Crippen LogP contribution in [-0.2, 0) is 6.42 Å². The Bertz CT molecular complexity index is 348. The normalized spacial score (nSPS) is 21.2. The van der Waals surface area contributed by atoms with Crippen LogP contribution in [-0.4, -0.2) is 10.6 Å². The summed E-state index contributed by atoms with van der Waals surface area (Å²) in [5, 5.41) is 0.697. The molecule has 1 nitrogen and oxygen atoms in total. The third kappa shape index (κ3) is 1.19. The number of halogens is 2. The van der Waals surface area contributed by atoms with Gasteiger partial charge >= 0.3 is 0 Å². The maximum absolute atomic E-state index is 11.4. The van der Waals surface area contributed by atoms with Crippen molar-refractivity contribution in [2.45, 2.75) is 11.2 Å². The van der Waals surface area contributed by atoms with E-state index in [-0.39, 0.29) is 10.6 Å². The summed E-state index contributed by atoms with van der Waals surface area (Å²) < 4.78 is 0. The first-order valence-electron chi connectivity index (χ1n) is 3.65. The summed E-state index contributed by atoms with van der Waals surface area (Å²) in [5.74, 6) is 0.168. The number of carbonyl (C=O) groups is 1. The van der Waals surface area contributed by atoms with Crippen LogP contribution < -0.4 is 0 Å². The summed E-state index contributed by atoms with van der Waals surface area (Å²) in [6.07, 6.45) is 0.759. The molecule has 0 aromatic heterocycles. The van der Waals surface area contributed by atoms with E-state index in [9.17, 15) is 4.79 Å². The van der Waals surface area contributed by atoms with Crippen molar-refractivity contribution in [3.05, 3.63) is 34.3 Å². The van der Waals surface area contributed by atoms with Crippen molar-refractivity contribution in [2.24, 2.45) is 0 Å². The Hall–Kier alpha value is -0.340. The fraction of sp³-hybridized carbons (Fsp3) is 0.222. The van der Waals surface area contributed by atoms with Gasteiger partial charge < -0.3 is 0 Å². The minimum Gasteiger partial charge on any atom is -0.293 e. The van der Waals surface area contributed by atoms with Crippen molar-refractivity contribution in [2.75, 3.05) is 0 Å². The van der Waals surface area contributed by atoms with Crippen molar-refractivity contribution in [1.29, 1.82) is 0 Å². The molecule has 0 saturated carbocycles. The number of rotatable bonds is 0. The maximum Gasteiger partial charge on any atom is 0.177 e. The van der Waals surface area contributed by atoms with Crippen molar-refractivity contribution in [3.63, 3.8) is 0 Å². The second-order valence-electron chi connectivity index (χ2n) is 2.84. The second kappa shape index (κ2) is 2.86. The average molecular weight is 246 g/mol. The first-order chi connectivity index (χ1) is 5.68. The van der Waals surface area contributed by atoms with Crippen LogP contribution in [0.1, 0.15) is 15.9 Å². The first kappa shape index (κ1) is 8.27. The molecule has 0 spiro atoms. The number of alkyl halides is 1. The minimum absolute atomic E-state index is 0.0500. The van der Waals surface area contributed by atoms with Crippen molar-refractivity contribution < 1.29 is 4.79 Å². The van der Waals surface area contributed by atoms with E-state index in [0.29, 0.717) is 5.02 Å². The van der Waals surface area contributed by atoms with Crippen LogP contribution in [0.3, 0.4) is 0 Å². The predicted octanol–water partition coefficient (Wildman–Crippen LogP) is 2.84. The second-order valence-corrected chi connectivity index (χ2v) is 4.38. The van der Waals surface area contributed by atoms with Gasteiger partial charge in [-0.15, -0.1) is 0 Å². The predicted molar refractivity (Wildman–Crippen MR) is 52.2 cm³/mol. The molecule has 0 radical (unpaired) electrons. The van der Waals surface area contributed by atoms with Crippen LogP contribution in [0.2, 0.25) is 5.02 Å². The Kier molecular flexibility index (Phi) is 1.97. The summed E-state index contributed by atoms with van der Waals surface area (Å²) in [5.41, 5.74) is 1.86. The number of benzene rings is 1. The maximum atomic E-state index is 11.4. The van der Waals surface area contributed by atoms with Gasteiger partial charge in [-0.1, -0.05) is 27.5 Å². The van der Waals surface area contributed by atoms with Crippen molar-refractivity contribution >= 4 is 33.3 Å². The zero-order valence-corrected chi connectivity index (χ0v) is 8.52. The van der Waals surface area contributed by atoms with Gasteiger partial charge in [0.2, 0.25) is 0 Å². The minimum atomic E-state index is -0.0500. The van der Waals surface area contributed by atoms with Gasteiger partial charge in [0.05, 0.1) is 4.83 Å². The topological polar surface area (TPSA) is 17.1 Å². The molecule has 0 heterocycles. The Labute approximate surface area is 83.9 Å². The molecule has 3 heteroatoms. The summed E-state index contributed by atoms with van der Waals surface area (Å²) in [4.78, 5) is 11.4. The van der Waals surface area contributed by atoms with E-state index in [1.165, 1.54) is 0 Å². The number of Topliss-reactive ketones (excluding diaryl/α,β-unsaturated/α-hetero) is 1. The molecule has 0 unspecified atom stereocenters. The van der Waals surface area contributed by atoms with Crippen LogP contribution in [0, 0.1) is 0 Å². The van der Waals surface area contributed by atoms with E-state index in [1.807, 2.05) is 6.07 Å². The lowest BCUT2D eigenvalue weighted by Gasteiger charge is -1.95. The lowest BCUT2D eigenvalue weighted by Crippen LogP contribution is -2.05. The summed E-state index contributed by atoms with van der Waals surface area (Å²) in [6.45, 7) is 0. The van der Waals surface area contributed by atoms with E-state index in [2.05, 4.69) is 15.9 Å². The smallest absolute Gasteiger partial charge is 0.177 e. The van der Waals surface area contributed by atoms with Crippen LogP contribution in [0.5, 0.6) is 0 Å². The quantitative estimate of drug-likeness (QED) is 0.643. The van der Waals surface area contributed by atoms with E-state index in [4.69, 9.17) is 11.6 Å². The number of fused-ring (bicyclic) bond motifs is 1. The van der Waals surface area contributed by atoms with Gasteiger partial charge in [-0.3, -0.25) is 4.79 Å². The third-order valence-electron chi connectivity index (χ3n) is 2.02. The van der Waals surface area contributed by atoms with E-state index in [1.54, 1.807) is 12.1 Å². The van der Waals surface area contributed by atoms with Crippen LogP contribution >= 0.6 is 27.5 Å². The molecule has 62 valence electrons. The van der Waals surface area contributed by atoms with Crippen LogP contribution in [0.15, 0.2) is 18.2 Å². The summed E-state index contributed by atoms with van der Waals surface area (Å²) >= 11 is 9.11. The fourth-order valence-corrected chi connectivity index (χ4v) is 2.22. The summed E-state index contributed by atoms with van der Waals surface area (Å²) in [7, 11) is 0. The molecule has 0 amide bonds. The number of hydrogen-bond donors (Lipinski definition) is 0. The SMILES string of the molecule is O=C1c2ccc(Cl)cc2C[C@@H]1Br. The van der Waals surface area contributed by atoms with Gasteiger partial charge in [-0.25, -0.2) is 0 Å². The fourth-order valence-electron chi connectivity index (χ4n) is 1.43. The third-order valence-corrected chi connectivity index (χ3v) is 2.99. The monoisotopic (exact) mass is 244 g/mol. The molecule has 1 aromatic rings. The van der Waals surface area contributed by atoms with Gasteiger partial charge in [0.15, 0.2) is 5.78 Å². The molecule has 0 N–H and O–H groups in total. The average Bonchev–Trinajstić information content (AvgIpc) is 2.28. The number of carbonyl (C=O) groups excluding carboxylic acids is 1. The molecular formula is C9H6BrClO. The molecule has 0 bridgehead atoms. The Morgan fingerprint density at radius 2 is 2.25 bits per heavy atom. The van der Waals surface area contributed by atoms with E-state index >= 15 is 0 Å². The van der Waals surface area contributed by atoms with Gasteiger partial charge in [0.1, 0.15) is 0 Å². The Balaban J connectivity index is 2.54. The zero-order valence-electron chi connectivity index (χ0n) is 6.18. The lowest BCUT2D eigenvalue weighted by molar-refractivity contribution is 0.100. The highest BCUT2D eigenvalue weighted by atomic mass is 79.9. The van der Waals surface area contributed by atoms with Gasteiger partial charge in [-0.2, -0.15) is 0 Å². The summed E-state index contributed by atoms with van der Waals surface area (Å²) in [6, 6.07) is 5.40. The molecule has 2 rings (SSSR count). The molecule has 0 saturated heterocycles. The molecule has 1 atom stereocenters. The van der Waals surface area contributed by atoms with Gasteiger partial charge in [0.25, 0.3) is 0 Å². The van der Waals surface area contributed by atoms with Gasteiger partial charge in [0, 0.05) is 10.6 Å². The Morgan fingerprint density at radius 3 is 3.00 bits per heavy atom. The molecule has 1 aromatic carbocycles. The first-order valence-corrected chi connectivity index (χ1v) is 4.94. The molecule has 1 aliphatic rings. The van der Waals surface area contributed by atoms with E-state index < -0.39 is 0 Å². The van der Waals surface area contributed by atoms with Crippen molar-refractivity contribution in [3.8, 4) is 0 Å². The Morgan fingerprint density at radius 1 is 1.50 bits per heavy atom.